The largest absolute Gasteiger partial charge is 0.416 e. The normalized spacial score (nSPS) is 11.2. The smallest absolute Gasteiger partial charge is 0.388 e. The number of benzene rings is 1. The molecule has 0 saturated carbocycles. The molecule has 0 spiro atoms. The van der Waals surface area contributed by atoms with Crippen LogP contribution in [0.1, 0.15) is 25.0 Å². The molecule has 0 saturated heterocycles. The maximum Gasteiger partial charge on any atom is 0.416 e. The molecule has 0 radical (unpaired) electrons. The standard InChI is InChI=1S/C14H16F3N.CH2O/c1-10(2)4-9-13(18-3)11-5-7-12(8-6-11)14(15,16)17;1-2/h4-9,18H,1-3H3;1H2/b13-9-;. The van der Waals surface area contributed by atoms with E-state index in [0.717, 1.165) is 29.0 Å². The molecule has 2 nitrogen and oxygen atoms in total. The Morgan fingerprint density at radius 3 is 1.95 bits per heavy atom. The predicted molar refractivity (Wildman–Crippen MR) is 75.0 cm³/mol. The van der Waals surface area contributed by atoms with Crippen molar-refractivity contribution >= 4 is 12.5 Å². The molecule has 0 aliphatic carbocycles. The first kappa shape index (κ1) is 18.0. The van der Waals surface area contributed by atoms with E-state index in [-0.39, 0.29) is 0 Å². The molecular formula is C15H18F3NO. The lowest BCUT2D eigenvalue weighted by Gasteiger charge is -2.09. The third-order valence-electron chi connectivity index (χ3n) is 2.38. The SMILES string of the molecule is C=O.CN/C(=C\C=C(C)C)c1ccc(C(F)(F)F)cc1. The van der Waals surface area contributed by atoms with Crippen molar-refractivity contribution in [3.05, 3.63) is 53.1 Å². The van der Waals surface area contributed by atoms with Crippen LogP contribution in [0.3, 0.4) is 0 Å². The highest BCUT2D eigenvalue weighted by Crippen LogP contribution is 2.29. The van der Waals surface area contributed by atoms with Crippen LogP contribution in [0.5, 0.6) is 0 Å². The molecule has 0 aliphatic rings. The summed E-state index contributed by atoms with van der Waals surface area (Å²) in [6.45, 7) is 5.91. The zero-order valence-electron chi connectivity index (χ0n) is 11.7. The Morgan fingerprint density at radius 1 is 1.10 bits per heavy atom. The number of halogens is 3. The molecule has 1 rings (SSSR count). The molecule has 0 amide bonds. The lowest BCUT2D eigenvalue weighted by Crippen LogP contribution is -2.07. The minimum absolute atomic E-state index is 0.635. The lowest BCUT2D eigenvalue weighted by atomic mass is 10.1. The summed E-state index contributed by atoms with van der Waals surface area (Å²) in [4.78, 5) is 8.00. The summed E-state index contributed by atoms with van der Waals surface area (Å²) in [5.41, 5.74) is 1.99. The van der Waals surface area contributed by atoms with Crippen molar-refractivity contribution in [3.63, 3.8) is 0 Å². The quantitative estimate of drug-likeness (QED) is 0.849. The Hall–Kier alpha value is -2.04. The van der Waals surface area contributed by atoms with Gasteiger partial charge in [-0.25, -0.2) is 0 Å². The predicted octanol–water partition coefficient (Wildman–Crippen LogP) is 4.05. The summed E-state index contributed by atoms with van der Waals surface area (Å²) >= 11 is 0. The van der Waals surface area contributed by atoms with E-state index in [1.807, 2.05) is 32.8 Å². The molecular weight excluding hydrogens is 267 g/mol. The van der Waals surface area contributed by atoms with Crippen molar-refractivity contribution in [2.75, 3.05) is 7.05 Å². The van der Waals surface area contributed by atoms with Crippen LogP contribution >= 0.6 is 0 Å². The molecule has 0 bridgehead atoms. The number of rotatable bonds is 3. The summed E-state index contributed by atoms with van der Waals surface area (Å²) < 4.78 is 37.3. The Morgan fingerprint density at radius 2 is 1.60 bits per heavy atom. The monoisotopic (exact) mass is 285 g/mol. The van der Waals surface area contributed by atoms with Crippen LogP contribution in [0.2, 0.25) is 0 Å². The second kappa shape index (κ2) is 8.19. The highest BCUT2D eigenvalue weighted by molar-refractivity contribution is 5.65. The topological polar surface area (TPSA) is 29.1 Å². The van der Waals surface area contributed by atoms with E-state index in [0.29, 0.717) is 0 Å². The molecule has 5 heteroatoms. The summed E-state index contributed by atoms with van der Waals surface area (Å²) in [6.07, 6.45) is -0.538. The fourth-order valence-corrected chi connectivity index (χ4v) is 1.41. The number of hydrogen-bond donors (Lipinski definition) is 1. The molecule has 110 valence electrons. The van der Waals surface area contributed by atoms with Gasteiger partial charge in [0.05, 0.1) is 5.56 Å². The van der Waals surface area contributed by atoms with Crippen molar-refractivity contribution in [1.29, 1.82) is 0 Å². The number of hydrogen-bond acceptors (Lipinski definition) is 2. The summed E-state index contributed by atoms with van der Waals surface area (Å²) in [6, 6.07) is 5.10. The van der Waals surface area contributed by atoms with Crippen LogP contribution in [-0.4, -0.2) is 13.8 Å². The number of alkyl halides is 3. The Labute approximate surface area is 117 Å². The van der Waals surface area contributed by atoms with Crippen LogP contribution < -0.4 is 5.32 Å². The fourth-order valence-electron chi connectivity index (χ4n) is 1.41. The lowest BCUT2D eigenvalue weighted by molar-refractivity contribution is -0.137. The first-order valence-electron chi connectivity index (χ1n) is 5.84. The first-order valence-corrected chi connectivity index (χ1v) is 5.84. The van der Waals surface area contributed by atoms with Crippen molar-refractivity contribution in [3.8, 4) is 0 Å². The average molecular weight is 285 g/mol. The molecule has 0 heterocycles. The molecule has 20 heavy (non-hydrogen) atoms. The summed E-state index contributed by atoms with van der Waals surface area (Å²) in [7, 11) is 1.74. The van der Waals surface area contributed by atoms with E-state index >= 15 is 0 Å². The van der Waals surface area contributed by atoms with Crippen molar-refractivity contribution in [2.45, 2.75) is 20.0 Å². The maximum absolute atomic E-state index is 12.4. The zero-order chi connectivity index (χ0) is 15.8. The van der Waals surface area contributed by atoms with E-state index in [4.69, 9.17) is 4.79 Å². The van der Waals surface area contributed by atoms with Gasteiger partial charge in [-0.3, -0.25) is 0 Å². The molecule has 0 aliphatic heterocycles. The number of carbonyl (C=O) groups excluding carboxylic acids is 1. The Kier molecular flexibility index (Phi) is 7.36. The number of carbonyl (C=O) groups is 1. The van der Waals surface area contributed by atoms with Crippen LogP contribution in [-0.2, 0) is 11.0 Å². The van der Waals surface area contributed by atoms with E-state index < -0.39 is 11.7 Å². The fraction of sp³-hybridized carbons (Fsp3) is 0.267. The van der Waals surface area contributed by atoms with Crippen LogP contribution in [0.4, 0.5) is 13.2 Å². The van der Waals surface area contributed by atoms with E-state index in [1.165, 1.54) is 12.1 Å². The van der Waals surface area contributed by atoms with Gasteiger partial charge in [0.25, 0.3) is 0 Å². The minimum atomic E-state index is -4.29. The second-order valence-corrected chi connectivity index (χ2v) is 4.15. The van der Waals surface area contributed by atoms with Gasteiger partial charge in [-0.05, 0) is 37.6 Å². The van der Waals surface area contributed by atoms with Gasteiger partial charge in [-0.15, -0.1) is 0 Å². The van der Waals surface area contributed by atoms with Gasteiger partial charge in [0.2, 0.25) is 0 Å². The van der Waals surface area contributed by atoms with Crippen molar-refractivity contribution < 1.29 is 18.0 Å². The van der Waals surface area contributed by atoms with E-state index in [9.17, 15) is 13.2 Å². The van der Waals surface area contributed by atoms with E-state index in [1.54, 1.807) is 7.05 Å². The van der Waals surface area contributed by atoms with Gasteiger partial charge in [0, 0.05) is 12.7 Å². The van der Waals surface area contributed by atoms with Crippen LogP contribution in [0.25, 0.3) is 5.70 Å². The number of nitrogens with one attached hydrogen (secondary N) is 1. The third kappa shape index (κ3) is 5.73. The zero-order valence-corrected chi connectivity index (χ0v) is 11.7. The van der Waals surface area contributed by atoms with Crippen LogP contribution in [0.15, 0.2) is 42.0 Å². The van der Waals surface area contributed by atoms with Gasteiger partial charge >= 0.3 is 6.18 Å². The average Bonchev–Trinajstić information content (AvgIpc) is 2.41. The second-order valence-electron chi connectivity index (χ2n) is 4.15. The highest BCUT2D eigenvalue weighted by Gasteiger charge is 2.29. The maximum atomic E-state index is 12.4. The van der Waals surface area contributed by atoms with Crippen molar-refractivity contribution in [2.24, 2.45) is 0 Å². The summed E-state index contributed by atoms with van der Waals surface area (Å²) in [5.74, 6) is 0. The molecule has 0 fully saturated rings. The highest BCUT2D eigenvalue weighted by atomic mass is 19.4. The van der Waals surface area contributed by atoms with E-state index in [2.05, 4.69) is 5.32 Å². The third-order valence-corrected chi connectivity index (χ3v) is 2.38. The number of allylic oxidation sites excluding steroid dienone is 3. The molecule has 1 aromatic carbocycles. The van der Waals surface area contributed by atoms with Gasteiger partial charge in [0.1, 0.15) is 6.79 Å². The van der Waals surface area contributed by atoms with Gasteiger partial charge in [-0.2, -0.15) is 13.2 Å². The van der Waals surface area contributed by atoms with Gasteiger partial charge < -0.3 is 10.1 Å². The molecule has 1 aromatic rings. The first-order chi connectivity index (χ1) is 9.34. The van der Waals surface area contributed by atoms with Crippen molar-refractivity contribution in [1.82, 2.24) is 5.32 Å². The minimum Gasteiger partial charge on any atom is -0.388 e. The molecule has 0 aromatic heterocycles. The Bertz CT molecular complexity index is 469. The Balaban J connectivity index is 0.00000172. The summed E-state index contributed by atoms with van der Waals surface area (Å²) in [5, 5.41) is 2.97. The van der Waals surface area contributed by atoms with Gasteiger partial charge in [-0.1, -0.05) is 23.8 Å². The molecule has 1 N–H and O–H groups in total. The van der Waals surface area contributed by atoms with Gasteiger partial charge in [0.15, 0.2) is 0 Å². The van der Waals surface area contributed by atoms with Crippen LogP contribution in [0, 0.1) is 0 Å². The molecule has 0 atom stereocenters. The molecule has 0 unspecified atom stereocenters.